The molecule has 0 N–H and O–H groups in total. The molecule has 0 aliphatic carbocycles. The Morgan fingerprint density at radius 3 is 2.43 bits per heavy atom. The molecule has 0 unspecified atom stereocenters. The monoisotopic (exact) mass is 294 g/mol. The molecule has 0 heterocycles. The summed E-state index contributed by atoms with van der Waals surface area (Å²) in [5.41, 5.74) is 1.05. The zero-order valence-electron chi connectivity index (χ0n) is 13.7. The summed E-state index contributed by atoms with van der Waals surface area (Å²) in [7, 11) is 4.09. The van der Waals surface area contributed by atoms with Crippen molar-refractivity contribution in [3.63, 3.8) is 0 Å². The summed E-state index contributed by atoms with van der Waals surface area (Å²) in [5, 5.41) is 0. The van der Waals surface area contributed by atoms with Gasteiger partial charge in [-0.25, -0.2) is 4.39 Å². The second-order valence-corrected chi connectivity index (χ2v) is 5.78. The van der Waals surface area contributed by atoms with Gasteiger partial charge in [0.15, 0.2) is 5.78 Å². The molecule has 4 heteroatoms. The van der Waals surface area contributed by atoms with Crippen molar-refractivity contribution >= 4 is 5.78 Å². The number of aryl methyl sites for hydroxylation is 1. The smallest absolute Gasteiger partial charge is 0.164 e. The number of hydrogen-bond donors (Lipinski definition) is 0. The van der Waals surface area contributed by atoms with Crippen LogP contribution < -0.4 is 0 Å². The van der Waals surface area contributed by atoms with Gasteiger partial charge < -0.3 is 9.80 Å². The lowest BCUT2D eigenvalue weighted by molar-refractivity contribution is 0.0961. The predicted octanol–water partition coefficient (Wildman–Crippen LogP) is 2.98. The van der Waals surface area contributed by atoms with E-state index in [9.17, 15) is 9.18 Å². The predicted molar refractivity (Wildman–Crippen MR) is 85.4 cm³/mol. The summed E-state index contributed by atoms with van der Waals surface area (Å²) >= 11 is 0. The molecule has 1 aromatic rings. The molecule has 0 radical (unpaired) electrons. The summed E-state index contributed by atoms with van der Waals surface area (Å²) in [6.07, 6.45) is 1.51. The minimum absolute atomic E-state index is 0.0138. The number of rotatable bonds is 9. The lowest BCUT2D eigenvalue weighted by atomic mass is 10.1. The van der Waals surface area contributed by atoms with Crippen LogP contribution >= 0.6 is 0 Å². The molecule has 118 valence electrons. The van der Waals surface area contributed by atoms with Crippen LogP contribution in [0.1, 0.15) is 35.7 Å². The van der Waals surface area contributed by atoms with Crippen LogP contribution in [0.2, 0.25) is 0 Å². The van der Waals surface area contributed by atoms with Crippen LogP contribution in [0.4, 0.5) is 4.39 Å². The number of nitrogens with zero attached hydrogens (tertiary/aromatic N) is 2. The highest BCUT2D eigenvalue weighted by atomic mass is 19.1. The van der Waals surface area contributed by atoms with Gasteiger partial charge in [0.2, 0.25) is 0 Å². The van der Waals surface area contributed by atoms with E-state index < -0.39 is 0 Å². The molecular weight excluding hydrogens is 267 g/mol. The maximum atomic E-state index is 13.5. The lowest BCUT2D eigenvalue weighted by Crippen LogP contribution is -2.34. The van der Waals surface area contributed by atoms with Crippen LogP contribution in [0.3, 0.4) is 0 Å². The van der Waals surface area contributed by atoms with Gasteiger partial charge in [-0.05, 0) is 45.6 Å². The Bertz CT molecular complexity index is 460. The van der Waals surface area contributed by atoms with Crippen molar-refractivity contribution in [3.8, 4) is 0 Å². The van der Waals surface area contributed by atoms with Crippen LogP contribution in [-0.2, 0) is 0 Å². The standard InChI is InChI=1S/C17H27FN2O/c1-5-9-20(12-11-19(3)4)10-8-17(21)15-7-6-14(2)16(18)13-15/h6-7,13H,5,8-12H2,1-4H3. The fraction of sp³-hybridized carbons (Fsp3) is 0.588. The number of likely N-dealkylation sites (N-methyl/N-ethyl adjacent to an activating group) is 1. The number of benzene rings is 1. The van der Waals surface area contributed by atoms with Crippen molar-refractivity contribution in [2.45, 2.75) is 26.7 Å². The number of carbonyl (C=O) groups excluding carboxylic acids is 1. The van der Waals surface area contributed by atoms with E-state index in [2.05, 4.69) is 16.7 Å². The average molecular weight is 294 g/mol. The Labute approximate surface area is 127 Å². The van der Waals surface area contributed by atoms with E-state index in [0.29, 0.717) is 17.5 Å². The molecule has 3 nitrogen and oxygen atoms in total. The van der Waals surface area contributed by atoms with Crippen LogP contribution in [0.15, 0.2) is 18.2 Å². The minimum Gasteiger partial charge on any atom is -0.308 e. The van der Waals surface area contributed by atoms with Gasteiger partial charge in [0.1, 0.15) is 5.82 Å². The summed E-state index contributed by atoms with van der Waals surface area (Å²) in [4.78, 5) is 16.6. The number of halogens is 1. The molecular formula is C17H27FN2O. The van der Waals surface area contributed by atoms with E-state index in [1.165, 1.54) is 6.07 Å². The molecule has 0 fully saturated rings. The first kappa shape index (κ1) is 17.8. The van der Waals surface area contributed by atoms with Crippen LogP contribution in [0.5, 0.6) is 0 Å². The maximum Gasteiger partial charge on any atom is 0.164 e. The average Bonchev–Trinajstić information content (AvgIpc) is 2.44. The van der Waals surface area contributed by atoms with Gasteiger partial charge in [0, 0.05) is 31.6 Å². The number of ketones is 1. The Balaban J connectivity index is 2.53. The van der Waals surface area contributed by atoms with Crippen molar-refractivity contribution in [3.05, 3.63) is 35.1 Å². The zero-order chi connectivity index (χ0) is 15.8. The van der Waals surface area contributed by atoms with E-state index >= 15 is 0 Å². The Morgan fingerprint density at radius 1 is 1.14 bits per heavy atom. The molecule has 1 rings (SSSR count). The van der Waals surface area contributed by atoms with Gasteiger partial charge in [0.05, 0.1) is 0 Å². The number of Topliss-reactive ketones (excluding diaryl/α,β-unsaturated/α-hetero) is 1. The molecule has 21 heavy (non-hydrogen) atoms. The van der Waals surface area contributed by atoms with Crippen LogP contribution in [0, 0.1) is 12.7 Å². The normalized spacial score (nSPS) is 11.4. The SMILES string of the molecule is CCCN(CCC(=O)c1ccc(C)c(F)c1)CCN(C)C. The third-order valence-corrected chi connectivity index (χ3v) is 3.55. The van der Waals surface area contributed by atoms with Crippen molar-refractivity contribution in [2.24, 2.45) is 0 Å². The Hall–Kier alpha value is -1.26. The third kappa shape index (κ3) is 6.36. The Kier molecular flexibility index (Phi) is 7.54. The summed E-state index contributed by atoms with van der Waals surface area (Å²) in [6.45, 7) is 7.50. The van der Waals surface area contributed by atoms with Crippen molar-refractivity contribution in [2.75, 3.05) is 40.3 Å². The zero-order valence-corrected chi connectivity index (χ0v) is 13.7. The van der Waals surface area contributed by atoms with E-state index in [-0.39, 0.29) is 11.6 Å². The molecule has 0 saturated heterocycles. The largest absolute Gasteiger partial charge is 0.308 e. The van der Waals surface area contributed by atoms with Crippen LogP contribution in [-0.4, -0.2) is 55.9 Å². The van der Waals surface area contributed by atoms with E-state index in [0.717, 1.165) is 32.6 Å². The first-order valence-corrected chi connectivity index (χ1v) is 7.60. The summed E-state index contributed by atoms with van der Waals surface area (Å²) in [6, 6.07) is 4.73. The third-order valence-electron chi connectivity index (χ3n) is 3.55. The molecule has 0 aliphatic rings. The summed E-state index contributed by atoms with van der Waals surface area (Å²) in [5.74, 6) is -0.293. The quantitative estimate of drug-likeness (QED) is 0.654. The van der Waals surface area contributed by atoms with Gasteiger partial charge in [-0.1, -0.05) is 19.1 Å². The highest BCUT2D eigenvalue weighted by molar-refractivity contribution is 5.96. The van der Waals surface area contributed by atoms with Crippen molar-refractivity contribution < 1.29 is 9.18 Å². The fourth-order valence-electron chi connectivity index (χ4n) is 2.16. The Morgan fingerprint density at radius 2 is 1.86 bits per heavy atom. The van der Waals surface area contributed by atoms with Crippen LogP contribution in [0.25, 0.3) is 0 Å². The summed E-state index contributed by atoms with van der Waals surface area (Å²) < 4.78 is 13.5. The molecule has 0 saturated carbocycles. The molecule has 0 amide bonds. The van der Waals surface area contributed by atoms with Gasteiger partial charge >= 0.3 is 0 Å². The molecule has 0 spiro atoms. The highest BCUT2D eigenvalue weighted by Crippen LogP contribution is 2.11. The van der Waals surface area contributed by atoms with E-state index in [4.69, 9.17) is 0 Å². The second kappa shape index (κ2) is 8.90. The fourth-order valence-corrected chi connectivity index (χ4v) is 2.16. The molecule has 0 aliphatic heterocycles. The topological polar surface area (TPSA) is 23.6 Å². The van der Waals surface area contributed by atoms with Gasteiger partial charge in [-0.15, -0.1) is 0 Å². The van der Waals surface area contributed by atoms with E-state index in [1.807, 2.05) is 14.1 Å². The van der Waals surface area contributed by atoms with Gasteiger partial charge in [0.25, 0.3) is 0 Å². The number of carbonyl (C=O) groups is 1. The molecule has 1 aromatic carbocycles. The molecule has 0 bridgehead atoms. The molecule has 0 atom stereocenters. The maximum absolute atomic E-state index is 13.5. The number of hydrogen-bond acceptors (Lipinski definition) is 3. The van der Waals surface area contributed by atoms with Gasteiger partial charge in [-0.2, -0.15) is 0 Å². The molecule has 0 aromatic heterocycles. The van der Waals surface area contributed by atoms with E-state index in [1.54, 1.807) is 19.1 Å². The van der Waals surface area contributed by atoms with Gasteiger partial charge in [-0.3, -0.25) is 4.79 Å². The van der Waals surface area contributed by atoms with Crippen molar-refractivity contribution in [1.29, 1.82) is 0 Å². The first-order valence-electron chi connectivity index (χ1n) is 7.60. The van der Waals surface area contributed by atoms with Crippen molar-refractivity contribution in [1.82, 2.24) is 9.80 Å². The lowest BCUT2D eigenvalue weighted by Gasteiger charge is -2.23. The minimum atomic E-state index is -0.307. The first-order chi connectivity index (χ1) is 9.93. The second-order valence-electron chi connectivity index (χ2n) is 5.78. The highest BCUT2D eigenvalue weighted by Gasteiger charge is 2.11.